The molecular formula is C22H28N8O2. The number of hydrogen-bond donors (Lipinski definition) is 4. The molecule has 10 heteroatoms. The number of fused-ring (bicyclic) bond motifs is 1. The zero-order chi connectivity index (χ0) is 22.9. The number of amides is 2. The molecule has 0 bridgehead atoms. The van der Waals surface area contributed by atoms with E-state index >= 15 is 0 Å². The van der Waals surface area contributed by atoms with Crippen molar-refractivity contribution in [3.63, 3.8) is 0 Å². The third kappa shape index (κ3) is 4.35. The molecular weight excluding hydrogens is 408 g/mol. The van der Waals surface area contributed by atoms with Crippen LogP contribution in [0.3, 0.4) is 0 Å². The molecule has 2 amide bonds. The monoisotopic (exact) mass is 436 g/mol. The normalized spacial score (nSPS) is 15.8. The first-order valence-corrected chi connectivity index (χ1v) is 10.6. The van der Waals surface area contributed by atoms with Crippen molar-refractivity contribution in [1.29, 1.82) is 0 Å². The van der Waals surface area contributed by atoms with Gasteiger partial charge in [-0.2, -0.15) is 5.10 Å². The molecule has 10 nitrogen and oxygen atoms in total. The van der Waals surface area contributed by atoms with E-state index in [1.54, 1.807) is 24.4 Å². The summed E-state index contributed by atoms with van der Waals surface area (Å²) in [6.45, 7) is 8.15. The molecule has 0 saturated carbocycles. The molecule has 0 saturated heterocycles. The first-order valence-electron chi connectivity index (χ1n) is 10.6. The lowest BCUT2D eigenvalue weighted by Crippen LogP contribution is -2.41. The number of carbonyl (C=O) groups excluding carboxylic acids is 1. The van der Waals surface area contributed by atoms with E-state index in [-0.39, 0.29) is 11.5 Å². The van der Waals surface area contributed by atoms with E-state index in [0.717, 1.165) is 29.8 Å². The van der Waals surface area contributed by atoms with Crippen LogP contribution in [0.2, 0.25) is 0 Å². The van der Waals surface area contributed by atoms with Gasteiger partial charge >= 0.3 is 6.03 Å². The standard InChI is InChI=1S/C22H28N8O2/c1-5-6-15-19-16(12-24-28-19)30(23)20(26-15)13-7-9-14(10-8-13)25-21(31)27-18-11-17(32-29-18)22(2,3)4/h7-12,15H,5-6,23H2,1-4H3,(H,24,28)(H2,25,27,29,31). The molecule has 0 spiro atoms. The fraction of sp³-hybridized carbons (Fsp3) is 0.364. The van der Waals surface area contributed by atoms with Crippen LogP contribution in [0, 0.1) is 0 Å². The summed E-state index contributed by atoms with van der Waals surface area (Å²) in [5, 5.41) is 18.1. The first-order chi connectivity index (χ1) is 15.3. The molecule has 5 N–H and O–H groups in total. The fourth-order valence-corrected chi connectivity index (χ4v) is 3.47. The molecule has 1 unspecified atom stereocenters. The van der Waals surface area contributed by atoms with Gasteiger partial charge < -0.3 is 9.84 Å². The van der Waals surface area contributed by atoms with E-state index in [2.05, 4.69) is 32.9 Å². The van der Waals surface area contributed by atoms with Crippen LogP contribution in [0.5, 0.6) is 0 Å². The van der Waals surface area contributed by atoms with Gasteiger partial charge in [-0.1, -0.05) is 39.3 Å². The Labute approximate surface area is 186 Å². The van der Waals surface area contributed by atoms with E-state index in [9.17, 15) is 4.79 Å². The molecule has 0 radical (unpaired) electrons. The van der Waals surface area contributed by atoms with E-state index in [1.165, 1.54) is 5.01 Å². The highest BCUT2D eigenvalue weighted by Gasteiger charge is 2.28. The minimum Gasteiger partial charge on any atom is -0.359 e. The number of benzene rings is 1. The zero-order valence-electron chi connectivity index (χ0n) is 18.6. The number of carbonyl (C=O) groups is 1. The summed E-state index contributed by atoms with van der Waals surface area (Å²) in [5.74, 6) is 8.02. The van der Waals surface area contributed by atoms with Gasteiger partial charge in [0, 0.05) is 28.9 Å². The van der Waals surface area contributed by atoms with Crippen molar-refractivity contribution in [2.45, 2.75) is 52.0 Å². The number of amidine groups is 1. The van der Waals surface area contributed by atoms with E-state index in [4.69, 9.17) is 15.4 Å². The van der Waals surface area contributed by atoms with Crippen molar-refractivity contribution >= 4 is 29.1 Å². The summed E-state index contributed by atoms with van der Waals surface area (Å²) < 4.78 is 5.29. The summed E-state index contributed by atoms with van der Waals surface area (Å²) in [7, 11) is 0. The second kappa shape index (κ2) is 8.46. The maximum absolute atomic E-state index is 12.3. The van der Waals surface area contributed by atoms with Crippen molar-refractivity contribution in [3.05, 3.63) is 53.5 Å². The average molecular weight is 437 g/mol. The molecule has 0 fully saturated rings. The molecule has 0 aliphatic carbocycles. The second-order valence-electron chi connectivity index (χ2n) is 8.77. The Morgan fingerprint density at radius 2 is 2.00 bits per heavy atom. The van der Waals surface area contributed by atoms with E-state index in [1.807, 2.05) is 32.9 Å². The molecule has 1 aliphatic heterocycles. The Hall–Kier alpha value is -3.66. The number of aromatic amines is 1. The van der Waals surface area contributed by atoms with Gasteiger partial charge in [0.1, 0.15) is 17.1 Å². The van der Waals surface area contributed by atoms with Crippen LogP contribution in [-0.4, -0.2) is 27.2 Å². The number of aliphatic imine (C=N–C) groups is 1. The van der Waals surface area contributed by atoms with Crippen LogP contribution in [0.4, 0.5) is 22.0 Å². The molecule has 2 aromatic heterocycles. The SMILES string of the molecule is CCCC1N=C(c2ccc(NC(=O)Nc3cc(C(C)(C)C)on3)cc2)N(N)c2c[nH]nc21. The Morgan fingerprint density at radius 3 is 2.66 bits per heavy atom. The molecule has 168 valence electrons. The molecule has 1 atom stereocenters. The van der Waals surface area contributed by atoms with Gasteiger partial charge in [-0.25, -0.2) is 10.6 Å². The number of H-pyrrole nitrogens is 1. The number of aromatic nitrogens is 3. The van der Waals surface area contributed by atoms with Gasteiger partial charge in [0.05, 0.1) is 6.04 Å². The minimum atomic E-state index is -0.409. The summed E-state index contributed by atoms with van der Waals surface area (Å²) in [6, 6.07) is 8.61. The number of nitrogens with one attached hydrogen (secondary N) is 3. The zero-order valence-corrected chi connectivity index (χ0v) is 18.6. The Kier molecular flexibility index (Phi) is 5.70. The first kappa shape index (κ1) is 21.6. The summed E-state index contributed by atoms with van der Waals surface area (Å²) in [5.41, 5.74) is 2.95. The van der Waals surface area contributed by atoms with Gasteiger partial charge in [0.2, 0.25) is 0 Å². The lowest BCUT2D eigenvalue weighted by molar-refractivity contribution is 0.262. The number of urea groups is 1. The number of nitrogens with two attached hydrogens (primary N) is 1. The van der Waals surface area contributed by atoms with Gasteiger partial charge in [-0.05, 0) is 30.7 Å². The maximum atomic E-state index is 12.3. The summed E-state index contributed by atoms with van der Waals surface area (Å²) >= 11 is 0. The molecule has 1 aliphatic rings. The Bertz CT molecular complexity index is 1120. The van der Waals surface area contributed by atoms with Crippen molar-refractivity contribution in [2.24, 2.45) is 10.8 Å². The highest BCUT2D eigenvalue weighted by atomic mass is 16.5. The van der Waals surface area contributed by atoms with Crippen LogP contribution in [0.15, 0.2) is 46.0 Å². The van der Waals surface area contributed by atoms with Crippen LogP contribution in [-0.2, 0) is 5.41 Å². The van der Waals surface area contributed by atoms with E-state index in [0.29, 0.717) is 23.1 Å². The Morgan fingerprint density at radius 1 is 1.25 bits per heavy atom. The smallest absolute Gasteiger partial charge is 0.324 e. The van der Waals surface area contributed by atoms with Crippen LogP contribution in [0.25, 0.3) is 0 Å². The number of hydrogen-bond acceptors (Lipinski definition) is 7. The third-order valence-corrected chi connectivity index (χ3v) is 5.18. The maximum Gasteiger partial charge on any atom is 0.324 e. The van der Waals surface area contributed by atoms with Crippen molar-refractivity contribution < 1.29 is 9.32 Å². The van der Waals surface area contributed by atoms with Gasteiger partial charge in [-0.3, -0.25) is 20.4 Å². The van der Waals surface area contributed by atoms with Crippen LogP contribution >= 0.6 is 0 Å². The number of hydrazine groups is 1. The second-order valence-corrected chi connectivity index (χ2v) is 8.77. The Balaban J connectivity index is 1.45. The molecule has 4 rings (SSSR count). The number of nitrogens with zero attached hydrogens (tertiary/aromatic N) is 4. The van der Waals surface area contributed by atoms with Crippen LogP contribution in [0.1, 0.15) is 63.6 Å². The fourth-order valence-electron chi connectivity index (χ4n) is 3.47. The minimum absolute atomic E-state index is 0.0416. The quantitative estimate of drug-likeness (QED) is 0.440. The topological polar surface area (TPSA) is 137 Å². The van der Waals surface area contributed by atoms with Gasteiger partial charge in [-0.15, -0.1) is 0 Å². The van der Waals surface area contributed by atoms with Crippen molar-refractivity contribution in [2.75, 3.05) is 15.6 Å². The van der Waals surface area contributed by atoms with Crippen molar-refractivity contribution in [1.82, 2.24) is 15.4 Å². The lowest BCUT2D eigenvalue weighted by atomic mass is 9.93. The molecule has 1 aromatic carbocycles. The van der Waals surface area contributed by atoms with E-state index < -0.39 is 6.03 Å². The van der Waals surface area contributed by atoms with Gasteiger partial charge in [0.15, 0.2) is 11.7 Å². The molecule has 3 heterocycles. The highest BCUT2D eigenvalue weighted by Crippen LogP contribution is 2.34. The number of rotatable bonds is 5. The van der Waals surface area contributed by atoms with Gasteiger partial charge in [0.25, 0.3) is 0 Å². The molecule has 32 heavy (non-hydrogen) atoms. The van der Waals surface area contributed by atoms with Crippen molar-refractivity contribution in [3.8, 4) is 0 Å². The largest absolute Gasteiger partial charge is 0.359 e. The predicted molar refractivity (Wildman–Crippen MR) is 124 cm³/mol. The predicted octanol–water partition coefficient (Wildman–Crippen LogP) is 4.32. The third-order valence-electron chi connectivity index (χ3n) is 5.18. The summed E-state index contributed by atoms with van der Waals surface area (Å²) in [4.78, 5) is 17.2. The molecule has 3 aromatic rings. The average Bonchev–Trinajstić information content (AvgIpc) is 3.41. The number of anilines is 3. The summed E-state index contributed by atoms with van der Waals surface area (Å²) in [6.07, 6.45) is 3.65. The van der Waals surface area contributed by atoms with Crippen LogP contribution < -0.4 is 21.5 Å². The lowest BCUT2D eigenvalue weighted by Gasteiger charge is -2.28. The highest BCUT2D eigenvalue weighted by molar-refractivity contribution is 6.10.